The summed E-state index contributed by atoms with van der Waals surface area (Å²) in [6.45, 7) is 3.29. The highest BCUT2D eigenvalue weighted by atomic mass is 32.2. The highest BCUT2D eigenvalue weighted by Gasteiger charge is 2.32. The maximum Gasteiger partial charge on any atom is 0.310 e. The van der Waals surface area contributed by atoms with Crippen molar-refractivity contribution in [2.75, 3.05) is 6.26 Å². The molecule has 2 aromatic rings. The van der Waals surface area contributed by atoms with E-state index in [9.17, 15) is 18.7 Å². The van der Waals surface area contributed by atoms with Gasteiger partial charge in [-0.1, -0.05) is 12.1 Å². The maximum absolute atomic E-state index is 14.6. The molecule has 0 fully saturated rings. The molecule has 0 amide bonds. The van der Waals surface area contributed by atoms with Crippen LogP contribution in [-0.4, -0.2) is 17.3 Å². The first-order valence-corrected chi connectivity index (χ1v) is 9.35. The molecule has 3 rings (SSSR count). The van der Waals surface area contributed by atoms with E-state index in [4.69, 9.17) is 0 Å². The van der Waals surface area contributed by atoms with Crippen LogP contribution in [0.25, 0.3) is 17.2 Å². The minimum atomic E-state index is -1.03. The normalized spacial score (nSPS) is 16.1. The van der Waals surface area contributed by atoms with Crippen LogP contribution in [0.2, 0.25) is 0 Å². The summed E-state index contributed by atoms with van der Waals surface area (Å²) in [5, 5.41) is 9.41. The first-order chi connectivity index (χ1) is 12.3. The fraction of sp³-hybridized carbons (Fsp3) is 0.190. The van der Waals surface area contributed by atoms with Gasteiger partial charge in [0.05, 0.1) is 5.92 Å². The molecule has 134 valence electrons. The third-order valence-corrected chi connectivity index (χ3v) is 5.40. The molecule has 1 aliphatic rings. The molecule has 0 spiro atoms. The lowest BCUT2D eigenvalue weighted by Gasteiger charge is -2.11. The zero-order valence-electron chi connectivity index (χ0n) is 14.6. The number of carboxylic acid groups (broad SMARTS) is 1. The molecule has 1 atom stereocenters. The number of aliphatic carboxylic acids is 1. The number of carbonyl (C=O) groups is 1. The molecular weight excluding hydrogens is 354 g/mol. The molecule has 0 aliphatic heterocycles. The zero-order chi connectivity index (χ0) is 19.0. The van der Waals surface area contributed by atoms with Crippen molar-refractivity contribution in [3.8, 4) is 0 Å². The van der Waals surface area contributed by atoms with Crippen LogP contribution in [0.5, 0.6) is 0 Å². The van der Waals surface area contributed by atoms with Gasteiger partial charge in [-0.25, -0.2) is 8.78 Å². The summed E-state index contributed by atoms with van der Waals surface area (Å²) in [5.74, 6) is -3.28. The zero-order valence-corrected chi connectivity index (χ0v) is 15.5. The van der Waals surface area contributed by atoms with Gasteiger partial charge in [0.15, 0.2) is 0 Å². The molecule has 0 saturated carbocycles. The van der Waals surface area contributed by atoms with Crippen LogP contribution in [0.3, 0.4) is 0 Å². The highest BCUT2D eigenvalue weighted by Crippen LogP contribution is 2.46. The maximum atomic E-state index is 14.6. The van der Waals surface area contributed by atoms with E-state index in [1.54, 1.807) is 18.7 Å². The smallest absolute Gasteiger partial charge is 0.310 e. The van der Waals surface area contributed by atoms with Gasteiger partial charge in [-0.2, -0.15) is 0 Å². The van der Waals surface area contributed by atoms with Crippen LogP contribution >= 0.6 is 11.8 Å². The number of benzene rings is 2. The van der Waals surface area contributed by atoms with Crippen LogP contribution in [0.1, 0.15) is 30.5 Å². The summed E-state index contributed by atoms with van der Waals surface area (Å²) in [6, 6.07) is 9.83. The van der Waals surface area contributed by atoms with Crippen LogP contribution in [0, 0.1) is 17.6 Å². The van der Waals surface area contributed by atoms with E-state index >= 15 is 0 Å². The Hall–Kier alpha value is -2.40. The Balaban J connectivity index is 2.22. The molecule has 1 aliphatic carbocycles. The second-order valence-electron chi connectivity index (χ2n) is 6.24. The molecule has 0 heterocycles. The molecule has 2 aromatic carbocycles. The molecule has 26 heavy (non-hydrogen) atoms. The summed E-state index contributed by atoms with van der Waals surface area (Å²) in [7, 11) is 0. The van der Waals surface area contributed by atoms with Gasteiger partial charge in [0.1, 0.15) is 11.6 Å². The van der Waals surface area contributed by atoms with E-state index in [2.05, 4.69) is 0 Å². The lowest BCUT2D eigenvalue weighted by molar-refractivity contribution is -0.139. The number of halogens is 2. The second kappa shape index (κ2) is 7.08. The van der Waals surface area contributed by atoms with Crippen LogP contribution in [0.15, 0.2) is 46.9 Å². The summed E-state index contributed by atoms with van der Waals surface area (Å²) < 4.78 is 28.4. The summed E-state index contributed by atoms with van der Waals surface area (Å²) in [6.07, 6.45) is 3.80. The number of thioether (sulfide) groups is 1. The number of fused-ring (bicyclic) bond motifs is 1. The van der Waals surface area contributed by atoms with Crippen molar-refractivity contribution in [3.63, 3.8) is 0 Å². The summed E-state index contributed by atoms with van der Waals surface area (Å²) in [4.78, 5) is 12.6. The van der Waals surface area contributed by atoms with Crippen molar-refractivity contribution >= 4 is 35.0 Å². The minimum Gasteiger partial charge on any atom is -0.481 e. The lowest BCUT2D eigenvalue weighted by atomic mass is 9.93. The number of carboxylic acids is 1. The average Bonchev–Trinajstić information content (AvgIpc) is 2.86. The standard InChI is InChI=1S/C21H18F2O2S/c1-11-16(8-13-4-6-15(26-3)7-5-13)20-17(9-14(22)10-18(20)23)19(11)12(2)21(24)25/h4-10,12H,1-3H3,(H,24,25)/b16-8-. The molecule has 1 unspecified atom stereocenters. The largest absolute Gasteiger partial charge is 0.481 e. The van der Waals surface area contributed by atoms with E-state index in [0.717, 1.165) is 16.5 Å². The first-order valence-electron chi connectivity index (χ1n) is 8.13. The molecular formula is C21H18F2O2S. The molecule has 0 radical (unpaired) electrons. The topological polar surface area (TPSA) is 37.3 Å². The van der Waals surface area contributed by atoms with Gasteiger partial charge in [-0.3, -0.25) is 4.79 Å². The highest BCUT2D eigenvalue weighted by molar-refractivity contribution is 7.98. The van der Waals surface area contributed by atoms with Crippen LogP contribution in [-0.2, 0) is 4.79 Å². The molecule has 5 heteroatoms. The van der Waals surface area contributed by atoms with Crippen molar-refractivity contribution in [1.29, 1.82) is 0 Å². The number of hydrogen-bond acceptors (Lipinski definition) is 2. The van der Waals surface area contributed by atoms with Gasteiger partial charge in [-0.05, 0) is 72.2 Å². The summed E-state index contributed by atoms with van der Waals surface area (Å²) in [5.41, 5.74) is 3.17. The van der Waals surface area contributed by atoms with Gasteiger partial charge >= 0.3 is 5.97 Å². The molecule has 0 aromatic heterocycles. The predicted octanol–water partition coefficient (Wildman–Crippen LogP) is 5.74. The van der Waals surface area contributed by atoms with E-state index in [0.29, 0.717) is 22.3 Å². The SMILES string of the molecule is CSc1ccc(/C=C2/C(C)=C(C(C)C(=O)O)c3cc(F)cc(F)c32)cc1. The second-order valence-corrected chi connectivity index (χ2v) is 7.12. The number of allylic oxidation sites excluding steroid dienone is 2. The Morgan fingerprint density at radius 1 is 1.19 bits per heavy atom. The first kappa shape index (κ1) is 18.4. The Bertz CT molecular complexity index is 943. The van der Waals surface area contributed by atoms with E-state index in [1.165, 1.54) is 13.0 Å². The fourth-order valence-corrected chi connectivity index (χ4v) is 3.73. The quantitative estimate of drug-likeness (QED) is 0.696. The third-order valence-electron chi connectivity index (χ3n) is 4.65. The van der Waals surface area contributed by atoms with E-state index in [-0.39, 0.29) is 5.56 Å². The Morgan fingerprint density at radius 2 is 1.85 bits per heavy atom. The fourth-order valence-electron chi connectivity index (χ4n) is 3.32. The number of rotatable bonds is 4. The summed E-state index contributed by atoms with van der Waals surface area (Å²) >= 11 is 1.62. The Morgan fingerprint density at radius 3 is 2.42 bits per heavy atom. The van der Waals surface area contributed by atoms with Crippen LogP contribution in [0.4, 0.5) is 8.78 Å². The van der Waals surface area contributed by atoms with Gasteiger partial charge in [-0.15, -0.1) is 11.8 Å². The van der Waals surface area contributed by atoms with Gasteiger partial charge in [0, 0.05) is 16.5 Å². The molecule has 1 N–H and O–H groups in total. The van der Waals surface area contributed by atoms with Crippen LogP contribution < -0.4 is 0 Å². The van der Waals surface area contributed by atoms with Crippen molar-refractivity contribution in [1.82, 2.24) is 0 Å². The molecule has 2 nitrogen and oxygen atoms in total. The van der Waals surface area contributed by atoms with Crippen molar-refractivity contribution in [2.45, 2.75) is 18.7 Å². The predicted molar refractivity (Wildman–Crippen MR) is 102 cm³/mol. The third kappa shape index (κ3) is 3.19. The monoisotopic (exact) mass is 372 g/mol. The number of hydrogen-bond donors (Lipinski definition) is 1. The minimum absolute atomic E-state index is 0.265. The Labute approximate surface area is 155 Å². The molecule has 0 saturated heterocycles. The van der Waals surface area contributed by atoms with Crippen molar-refractivity contribution in [3.05, 3.63) is 70.3 Å². The van der Waals surface area contributed by atoms with Crippen molar-refractivity contribution < 1.29 is 18.7 Å². The van der Waals surface area contributed by atoms with E-state index < -0.39 is 23.5 Å². The van der Waals surface area contributed by atoms with E-state index in [1.807, 2.05) is 36.6 Å². The van der Waals surface area contributed by atoms with Gasteiger partial charge in [0.2, 0.25) is 0 Å². The van der Waals surface area contributed by atoms with Gasteiger partial charge in [0.25, 0.3) is 0 Å². The average molecular weight is 372 g/mol. The lowest BCUT2D eigenvalue weighted by Crippen LogP contribution is -2.11. The van der Waals surface area contributed by atoms with Crippen molar-refractivity contribution in [2.24, 2.45) is 5.92 Å². The van der Waals surface area contributed by atoms with Gasteiger partial charge < -0.3 is 5.11 Å². The Kier molecular flexibility index (Phi) is 5.01. The molecule has 0 bridgehead atoms.